The van der Waals surface area contributed by atoms with Gasteiger partial charge in [-0.3, -0.25) is 0 Å². The highest BCUT2D eigenvalue weighted by Crippen LogP contribution is 2.27. The van der Waals surface area contributed by atoms with Crippen LogP contribution < -0.4 is 0 Å². The summed E-state index contributed by atoms with van der Waals surface area (Å²) in [5.74, 6) is -1.97. The van der Waals surface area contributed by atoms with E-state index in [-0.39, 0.29) is 12.8 Å². The second-order valence-corrected chi connectivity index (χ2v) is 7.62. The minimum atomic E-state index is -1.67. The van der Waals surface area contributed by atoms with Crippen molar-refractivity contribution in [2.75, 3.05) is 0 Å². The molecule has 27 heavy (non-hydrogen) atoms. The van der Waals surface area contributed by atoms with E-state index in [0.29, 0.717) is 6.42 Å². The van der Waals surface area contributed by atoms with E-state index < -0.39 is 23.6 Å². The first-order valence-electron chi connectivity index (χ1n) is 10.6. The van der Waals surface area contributed by atoms with Crippen molar-refractivity contribution in [3.8, 4) is 0 Å². The maximum atomic E-state index is 11.7. The van der Waals surface area contributed by atoms with Gasteiger partial charge in [-0.05, 0) is 19.8 Å². The highest BCUT2D eigenvalue weighted by atomic mass is 16.6. The van der Waals surface area contributed by atoms with Crippen LogP contribution in [0.3, 0.4) is 0 Å². The number of aliphatic hydroxyl groups is 1. The standard InChI is InChI=1S/C22H40O5/c1-4-6-7-8-9-10-11-12-13-14-15-16-17-22(21(25)26,18-19(3)23)27-20(24)5-2/h5,19,23H,2,4,6-18H2,1,3H3,(H,25,26). The van der Waals surface area contributed by atoms with Crippen molar-refractivity contribution < 1.29 is 24.5 Å². The van der Waals surface area contributed by atoms with Crippen LogP contribution in [-0.4, -0.2) is 33.9 Å². The lowest BCUT2D eigenvalue weighted by Crippen LogP contribution is -2.45. The second kappa shape index (κ2) is 15.7. The Morgan fingerprint density at radius 1 is 0.963 bits per heavy atom. The predicted octanol–water partition coefficient (Wildman–Crippen LogP) is 5.40. The van der Waals surface area contributed by atoms with E-state index in [9.17, 15) is 19.8 Å². The average Bonchev–Trinajstić information content (AvgIpc) is 2.61. The van der Waals surface area contributed by atoms with E-state index in [0.717, 1.165) is 25.3 Å². The van der Waals surface area contributed by atoms with Gasteiger partial charge in [0.05, 0.1) is 6.10 Å². The molecule has 0 saturated heterocycles. The monoisotopic (exact) mass is 384 g/mol. The third-order valence-corrected chi connectivity index (χ3v) is 4.91. The molecule has 0 amide bonds. The topological polar surface area (TPSA) is 83.8 Å². The summed E-state index contributed by atoms with van der Waals surface area (Å²) < 4.78 is 5.14. The van der Waals surface area contributed by atoms with Crippen LogP contribution in [-0.2, 0) is 14.3 Å². The number of hydrogen-bond donors (Lipinski definition) is 2. The second-order valence-electron chi connectivity index (χ2n) is 7.62. The molecule has 0 aliphatic rings. The van der Waals surface area contributed by atoms with Gasteiger partial charge in [0.1, 0.15) is 0 Å². The van der Waals surface area contributed by atoms with Crippen LogP contribution in [0, 0.1) is 0 Å². The summed E-state index contributed by atoms with van der Waals surface area (Å²) in [5.41, 5.74) is -1.67. The number of aliphatic carboxylic acids is 1. The summed E-state index contributed by atoms with van der Waals surface area (Å²) in [7, 11) is 0. The predicted molar refractivity (Wildman–Crippen MR) is 109 cm³/mol. The van der Waals surface area contributed by atoms with Crippen LogP contribution in [0.1, 0.15) is 104 Å². The lowest BCUT2D eigenvalue weighted by Gasteiger charge is -2.30. The Morgan fingerprint density at radius 2 is 1.41 bits per heavy atom. The molecule has 158 valence electrons. The number of carboxylic acids is 1. The number of esters is 1. The zero-order valence-electron chi connectivity index (χ0n) is 17.4. The molecule has 0 aliphatic heterocycles. The van der Waals surface area contributed by atoms with Crippen molar-refractivity contribution in [3.63, 3.8) is 0 Å². The van der Waals surface area contributed by atoms with Crippen molar-refractivity contribution in [2.24, 2.45) is 0 Å². The van der Waals surface area contributed by atoms with Crippen LogP contribution in [0.15, 0.2) is 12.7 Å². The SMILES string of the molecule is C=CC(=O)OC(CCCCCCCCCCCCCC)(CC(C)O)C(=O)O. The Morgan fingerprint density at radius 3 is 1.78 bits per heavy atom. The van der Waals surface area contributed by atoms with E-state index in [1.807, 2.05) is 0 Å². The Balaban J connectivity index is 4.07. The summed E-state index contributed by atoms with van der Waals surface area (Å²) in [6, 6.07) is 0. The molecule has 0 fully saturated rings. The van der Waals surface area contributed by atoms with Crippen LogP contribution >= 0.6 is 0 Å². The molecule has 0 bridgehead atoms. The molecule has 0 aromatic heterocycles. The van der Waals surface area contributed by atoms with Gasteiger partial charge in [-0.2, -0.15) is 0 Å². The van der Waals surface area contributed by atoms with E-state index in [1.54, 1.807) is 0 Å². The molecule has 0 rings (SSSR count). The van der Waals surface area contributed by atoms with Crippen molar-refractivity contribution in [1.82, 2.24) is 0 Å². The third-order valence-electron chi connectivity index (χ3n) is 4.91. The molecule has 0 radical (unpaired) electrons. The van der Waals surface area contributed by atoms with Gasteiger partial charge in [0.15, 0.2) is 0 Å². The molecule has 2 N–H and O–H groups in total. The number of carbonyl (C=O) groups excluding carboxylic acids is 1. The van der Waals surface area contributed by atoms with Crippen LogP contribution in [0.25, 0.3) is 0 Å². The van der Waals surface area contributed by atoms with Crippen molar-refractivity contribution >= 4 is 11.9 Å². The van der Waals surface area contributed by atoms with E-state index in [1.165, 1.54) is 58.3 Å². The Kier molecular flexibility index (Phi) is 14.9. The first kappa shape index (κ1) is 25.6. The zero-order valence-corrected chi connectivity index (χ0v) is 17.4. The van der Waals surface area contributed by atoms with Gasteiger partial charge in [-0.1, -0.05) is 84.1 Å². The van der Waals surface area contributed by atoms with Gasteiger partial charge in [0, 0.05) is 12.5 Å². The quantitative estimate of drug-likeness (QED) is 0.188. The minimum Gasteiger partial charge on any atom is -0.478 e. The Hall–Kier alpha value is -1.36. The van der Waals surface area contributed by atoms with Crippen molar-refractivity contribution in [3.05, 3.63) is 12.7 Å². The van der Waals surface area contributed by atoms with Crippen LogP contribution in [0.2, 0.25) is 0 Å². The zero-order chi connectivity index (χ0) is 20.5. The van der Waals surface area contributed by atoms with E-state index in [2.05, 4.69) is 13.5 Å². The number of hydrogen-bond acceptors (Lipinski definition) is 4. The number of ether oxygens (including phenoxy) is 1. The first-order chi connectivity index (χ1) is 12.9. The van der Waals surface area contributed by atoms with Crippen molar-refractivity contribution in [1.29, 1.82) is 0 Å². The summed E-state index contributed by atoms with van der Waals surface area (Å²) >= 11 is 0. The Bertz CT molecular complexity index is 419. The highest BCUT2D eigenvalue weighted by molar-refractivity contribution is 5.86. The van der Waals surface area contributed by atoms with E-state index in [4.69, 9.17) is 4.74 Å². The molecule has 5 heteroatoms. The number of aliphatic hydroxyl groups excluding tert-OH is 1. The normalized spacial score (nSPS) is 14.3. The first-order valence-corrected chi connectivity index (χ1v) is 10.6. The molecule has 0 aromatic carbocycles. The van der Waals surface area contributed by atoms with Gasteiger partial charge < -0.3 is 14.9 Å². The lowest BCUT2D eigenvalue weighted by molar-refractivity contribution is -0.180. The van der Waals surface area contributed by atoms with Crippen LogP contribution in [0.4, 0.5) is 0 Å². The van der Waals surface area contributed by atoms with Crippen LogP contribution in [0.5, 0.6) is 0 Å². The molecule has 0 spiro atoms. The van der Waals surface area contributed by atoms with Gasteiger partial charge in [0.2, 0.25) is 5.60 Å². The molecule has 0 saturated carbocycles. The summed E-state index contributed by atoms with van der Waals surface area (Å²) in [5, 5.41) is 19.2. The molecule has 2 unspecified atom stereocenters. The minimum absolute atomic E-state index is 0.111. The Labute approximate surface area is 165 Å². The van der Waals surface area contributed by atoms with Gasteiger partial charge in [-0.15, -0.1) is 0 Å². The largest absolute Gasteiger partial charge is 0.478 e. The average molecular weight is 385 g/mol. The number of carbonyl (C=O) groups is 2. The number of rotatable bonds is 18. The highest BCUT2D eigenvalue weighted by Gasteiger charge is 2.42. The maximum Gasteiger partial charge on any atom is 0.348 e. The lowest BCUT2D eigenvalue weighted by atomic mass is 9.89. The fraction of sp³-hybridized carbons (Fsp3) is 0.818. The molecular formula is C22H40O5. The molecule has 0 aromatic rings. The molecular weight excluding hydrogens is 344 g/mol. The van der Waals surface area contributed by atoms with Gasteiger partial charge >= 0.3 is 11.9 Å². The third kappa shape index (κ3) is 12.6. The maximum absolute atomic E-state index is 11.7. The molecule has 5 nitrogen and oxygen atoms in total. The fourth-order valence-corrected chi connectivity index (χ4v) is 3.40. The fourth-order valence-electron chi connectivity index (χ4n) is 3.40. The van der Waals surface area contributed by atoms with E-state index >= 15 is 0 Å². The summed E-state index contributed by atoms with van der Waals surface area (Å²) in [4.78, 5) is 23.3. The van der Waals surface area contributed by atoms with Gasteiger partial charge in [0.25, 0.3) is 0 Å². The van der Waals surface area contributed by atoms with Gasteiger partial charge in [-0.25, -0.2) is 9.59 Å². The molecule has 2 atom stereocenters. The number of unbranched alkanes of at least 4 members (excludes halogenated alkanes) is 11. The summed E-state index contributed by atoms with van der Waals surface area (Å²) in [6.07, 6.45) is 14.4. The number of carboxylic acid groups (broad SMARTS) is 1. The summed E-state index contributed by atoms with van der Waals surface area (Å²) in [6.45, 7) is 7.05. The molecule has 0 aliphatic carbocycles. The smallest absolute Gasteiger partial charge is 0.348 e. The molecule has 0 heterocycles. The van der Waals surface area contributed by atoms with Crippen molar-refractivity contribution in [2.45, 2.75) is 115 Å².